The molecule has 1 fully saturated rings. The number of para-hydroxylation sites is 1. The molecule has 2 amide bonds. The number of anilines is 2. The summed E-state index contributed by atoms with van der Waals surface area (Å²) in [5.41, 5.74) is 6.44. The standard InChI is InChI=1S/C30H25N5O4/c1-18(36)35(26-12-6-9-19-7-2-4-10-22(19)26)27-15-25(33-34-27)21-16-30(17-21,29(31)38)39-28(37)24-14-13-20-8-3-5-11-23(20)32-24/h2-15,21H,16-17H2,1H3,(H2,31,38)(H,33,34). The van der Waals surface area contributed by atoms with Gasteiger partial charge in [0.25, 0.3) is 5.91 Å². The molecule has 9 heteroatoms. The average Bonchev–Trinajstić information content (AvgIpc) is 3.39. The number of nitrogens with two attached hydrogens (primary N) is 1. The van der Waals surface area contributed by atoms with Crippen molar-refractivity contribution in [3.8, 4) is 0 Å². The van der Waals surface area contributed by atoms with E-state index in [2.05, 4.69) is 15.2 Å². The zero-order valence-electron chi connectivity index (χ0n) is 21.1. The van der Waals surface area contributed by atoms with Crippen LogP contribution in [0.5, 0.6) is 0 Å². The number of nitrogens with zero attached hydrogens (tertiary/aromatic N) is 3. The van der Waals surface area contributed by atoms with Crippen LogP contribution >= 0.6 is 0 Å². The molecule has 0 atom stereocenters. The van der Waals surface area contributed by atoms with E-state index in [0.29, 0.717) is 17.0 Å². The van der Waals surface area contributed by atoms with Crippen molar-refractivity contribution in [2.24, 2.45) is 5.73 Å². The van der Waals surface area contributed by atoms with E-state index in [0.717, 1.165) is 21.8 Å². The lowest BCUT2D eigenvalue weighted by atomic mass is 9.68. The number of hydrogen-bond donors (Lipinski definition) is 2. The number of benzene rings is 3. The number of ether oxygens (including phenoxy) is 1. The molecule has 0 saturated heterocycles. The number of fused-ring (bicyclic) bond motifs is 2. The quantitative estimate of drug-likeness (QED) is 0.311. The van der Waals surface area contributed by atoms with Gasteiger partial charge in [0.05, 0.1) is 11.2 Å². The third-order valence-electron chi connectivity index (χ3n) is 7.27. The summed E-state index contributed by atoms with van der Waals surface area (Å²) in [4.78, 5) is 44.0. The fourth-order valence-electron chi connectivity index (χ4n) is 5.21. The number of aromatic nitrogens is 3. The fraction of sp³-hybridized carbons (Fsp3) is 0.167. The van der Waals surface area contributed by atoms with Gasteiger partial charge in [-0.15, -0.1) is 0 Å². The lowest BCUT2D eigenvalue weighted by molar-refractivity contribution is -0.149. The highest BCUT2D eigenvalue weighted by Gasteiger charge is 2.54. The van der Waals surface area contributed by atoms with Crippen LogP contribution in [-0.2, 0) is 14.3 Å². The Morgan fingerprint density at radius 2 is 1.67 bits per heavy atom. The number of aromatic amines is 1. The minimum Gasteiger partial charge on any atom is -0.444 e. The number of carbonyl (C=O) groups excluding carboxylic acids is 3. The first-order chi connectivity index (χ1) is 18.8. The third kappa shape index (κ3) is 4.27. The molecule has 1 saturated carbocycles. The SMILES string of the molecule is CC(=O)N(c1cc(C2CC(OC(=O)c3ccc4ccccc4n3)(C(N)=O)C2)[nH]n1)c1cccc2ccccc12. The average molecular weight is 520 g/mol. The Bertz CT molecular complexity index is 1750. The summed E-state index contributed by atoms with van der Waals surface area (Å²) >= 11 is 0. The zero-order valence-corrected chi connectivity index (χ0v) is 21.1. The van der Waals surface area contributed by atoms with E-state index in [1.165, 1.54) is 6.92 Å². The lowest BCUT2D eigenvalue weighted by Crippen LogP contribution is -2.56. The highest BCUT2D eigenvalue weighted by Crippen LogP contribution is 2.47. The normalized spacial score (nSPS) is 18.4. The number of amides is 2. The molecule has 6 rings (SSSR count). The highest BCUT2D eigenvalue weighted by molar-refractivity contribution is 6.07. The van der Waals surface area contributed by atoms with Gasteiger partial charge in [-0.3, -0.25) is 19.6 Å². The van der Waals surface area contributed by atoms with Crippen molar-refractivity contribution in [1.29, 1.82) is 0 Å². The molecular weight excluding hydrogens is 494 g/mol. The minimum absolute atomic E-state index is 0.105. The first-order valence-corrected chi connectivity index (χ1v) is 12.6. The van der Waals surface area contributed by atoms with Crippen molar-refractivity contribution in [3.05, 3.63) is 96.3 Å². The maximum atomic E-state index is 12.9. The van der Waals surface area contributed by atoms with Crippen LogP contribution in [0.3, 0.4) is 0 Å². The van der Waals surface area contributed by atoms with Gasteiger partial charge in [-0.05, 0) is 23.6 Å². The van der Waals surface area contributed by atoms with Crippen LogP contribution in [0.4, 0.5) is 11.5 Å². The molecule has 0 unspecified atom stereocenters. The third-order valence-corrected chi connectivity index (χ3v) is 7.27. The molecule has 9 nitrogen and oxygen atoms in total. The number of esters is 1. The Kier molecular flexibility index (Phi) is 5.83. The second-order valence-corrected chi connectivity index (χ2v) is 9.78. The Balaban J connectivity index is 1.22. The van der Waals surface area contributed by atoms with E-state index in [1.807, 2.05) is 60.7 Å². The van der Waals surface area contributed by atoms with Crippen LogP contribution < -0.4 is 10.6 Å². The largest absolute Gasteiger partial charge is 0.444 e. The molecule has 1 aliphatic rings. The number of carbonyl (C=O) groups is 3. The Hall–Kier alpha value is -5.05. The monoisotopic (exact) mass is 519 g/mol. The number of pyridine rings is 1. The van der Waals surface area contributed by atoms with E-state index >= 15 is 0 Å². The molecule has 3 N–H and O–H groups in total. The fourth-order valence-corrected chi connectivity index (χ4v) is 5.21. The summed E-state index contributed by atoms with van der Waals surface area (Å²) in [5, 5.41) is 10.2. The van der Waals surface area contributed by atoms with E-state index < -0.39 is 17.5 Å². The second kappa shape index (κ2) is 9.36. The number of primary amides is 1. The van der Waals surface area contributed by atoms with E-state index in [9.17, 15) is 14.4 Å². The summed E-state index contributed by atoms with van der Waals surface area (Å²) in [7, 11) is 0. The molecule has 0 aliphatic heterocycles. The van der Waals surface area contributed by atoms with Crippen molar-refractivity contribution in [2.75, 3.05) is 4.90 Å². The van der Waals surface area contributed by atoms with Crippen LogP contribution in [0, 0.1) is 0 Å². The molecule has 5 aromatic rings. The molecule has 0 spiro atoms. The van der Waals surface area contributed by atoms with E-state index in [-0.39, 0.29) is 30.4 Å². The van der Waals surface area contributed by atoms with Crippen LogP contribution in [0.15, 0.2) is 84.9 Å². The first kappa shape index (κ1) is 24.3. The molecule has 0 bridgehead atoms. The van der Waals surface area contributed by atoms with Crippen molar-refractivity contribution >= 4 is 51.0 Å². The molecule has 1 aliphatic carbocycles. The summed E-state index contributed by atoms with van der Waals surface area (Å²) in [5.74, 6) is -1.35. The lowest BCUT2D eigenvalue weighted by Gasteiger charge is -2.43. The van der Waals surface area contributed by atoms with Gasteiger partial charge in [0.2, 0.25) is 5.91 Å². The predicted octanol–water partition coefficient (Wildman–Crippen LogP) is 4.75. The van der Waals surface area contributed by atoms with Gasteiger partial charge < -0.3 is 10.5 Å². The smallest absolute Gasteiger partial charge is 0.358 e. The summed E-state index contributed by atoms with van der Waals surface area (Å²) in [6.07, 6.45) is 0.384. The number of hydrogen-bond acceptors (Lipinski definition) is 6. The molecule has 3 aromatic carbocycles. The molecule has 194 valence electrons. The number of H-pyrrole nitrogens is 1. The van der Waals surface area contributed by atoms with Crippen LogP contribution in [0.2, 0.25) is 0 Å². The van der Waals surface area contributed by atoms with Gasteiger partial charge in [0, 0.05) is 48.2 Å². The molecular formula is C30H25N5O4. The predicted molar refractivity (Wildman–Crippen MR) is 146 cm³/mol. The summed E-state index contributed by atoms with van der Waals surface area (Å²) in [6, 6.07) is 26.1. The minimum atomic E-state index is -1.45. The maximum Gasteiger partial charge on any atom is 0.358 e. The first-order valence-electron chi connectivity index (χ1n) is 12.6. The van der Waals surface area contributed by atoms with E-state index in [1.54, 1.807) is 29.2 Å². The molecule has 2 heterocycles. The van der Waals surface area contributed by atoms with Crippen molar-refractivity contribution in [3.63, 3.8) is 0 Å². The van der Waals surface area contributed by atoms with Gasteiger partial charge >= 0.3 is 5.97 Å². The van der Waals surface area contributed by atoms with Crippen molar-refractivity contribution in [1.82, 2.24) is 15.2 Å². The van der Waals surface area contributed by atoms with Gasteiger partial charge in [-0.2, -0.15) is 5.10 Å². The molecule has 0 radical (unpaired) electrons. The van der Waals surface area contributed by atoms with Gasteiger partial charge in [-0.25, -0.2) is 9.78 Å². The summed E-state index contributed by atoms with van der Waals surface area (Å²) in [6.45, 7) is 1.48. The Morgan fingerprint density at radius 3 is 2.44 bits per heavy atom. The molecule has 39 heavy (non-hydrogen) atoms. The number of rotatable bonds is 6. The zero-order chi connectivity index (χ0) is 27.1. The number of nitrogens with one attached hydrogen (secondary N) is 1. The highest BCUT2D eigenvalue weighted by atomic mass is 16.6. The van der Waals surface area contributed by atoms with Crippen molar-refractivity contribution < 1.29 is 19.1 Å². The maximum absolute atomic E-state index is 12.9. The van der Waals surface area contributed by atoms with E-state index in [4.69, 9.17) is 10.5 Å². The Morgan fingerprint density at radius 1 is 0.949 bits per heavy atom. The Labute approximate surface area is 223 Å². The molecule has 2 aromatic heterocycles. The van der Waals surface area contributed by atoms with Gasteiger partial charge in [-0.1, -0.05) is 60.7 Å². The van der Waals surface area contributed by atoms with Crippen LogP contribution in [-0.4, -0.2) is 38.6 Å². The van der Waals surface area contributed by atoms with Gasteiger partial charge in [0.15, 0.2) is 11.4 Å². The van der Waals surface area contributed by atoms with Crippen LogP contribution in [0.25, 0.3) is 21.7 Å². The van der Waals surface area contributed by atoms with Crippen LogP contribution in [0.1, 0.15) is 41.9 Å². The van der Waals surface area contributed by atoms with Gasteiger partial charge in [0.1, 0.15) is 5.69 Å². The second-order valence-electron chi connectivity index (χ2n) is 9.78. The summed E-state index contributed by atoms with van der Waals surface area (Å²) < 4.78 is 5.66. The topological polar surface area (TPSA) is 131 Å². The van der Waals surface area contributed by atoms with Crippen molar-refractivity contribution in [2.45, 2.75) is 31.3 Å².